The van der Waals surface area contributed by atoms with Gasteiger partial charge in [0.25, 0.3) is 0 Å². The van der Waals surface area contributed by atoms with Crippen LogP contribution in [0.3, 0.4) is 0 Å². The summed E-state index contributed by atoms with van der Waals surface area (Å²) >= 11 is 0. The van der Waals surface area contributed by atoms with E-state index in [0.717, 1.165) is 18.8 Å². The van der Waals surface area contributed by atoms with Gasteiger partial charge >= 0.3 is 0 Å². The van der Waals surface area contributed by atoms with Crippen LogP contribution in [0.1, 0.15) is 56.6 Å². The fraction of sp³-hybridized carbons (Fsp3) is 0.500. The summed E-state index contributed by atoms with van der Waals surface area (Å²) in [5.41, 5.74) is 2.97. The third-order valence-corrected chi connectivity index (χ3v) is 3.19. The molecule has 0 bridgehead atoms. The summed E-state index contributed by atoms with van der Waals surface area (Å²) in [6, 6.07) is 9.08. The minimum atomic E-state index is 0.717. The van der Waals surface area contributed by atoms with Crippen molar-refractivity contribution in [3.8, 4) is 0 Å². The predicted molar refractivity (Wildman–Crippen MR) is 72.9 cm³/mol. The Balaban J connectivity index is 2.77. The maximum absolute atomic E-state index is 3.82. The molecule has 1 aromatic rings. The van der Waals surface area contributed by atoms with Gasteiger partial charge in [0.05, 0.1) is 0 Å². The van der Waals surface area contributed by atoms with E-state index in [1.54, 1.807) is 0 Å². The lowest BCUT2D eigenvalue weighted by atomic mass is 9.89. The van der Waals surface area contributed by atoms with E-state index in [9.17, 15) is 0 Å². The predicted octanol–water partition coefficient (Wildman–Crippen LogP) is 5.10. The fourth-order valence-corrected chi connectivity index (χ4v) is 2.21. The molecule has 0 spiro atoms. The molecule has 0 saturated heterocycles. The van der Waals surface area contributed by atoms with E-state index in [4.69, 9.17) is 0 Å². The average molecular weight is 216 g/mol. The van der Waals surface area contributed by atoms with Crippen LogP contribution in [0.2, 0.25) is 0 Å². The second-order valence-corrected chi connectivity index (χ2v) is 4.45. The molecule has 0 fully saturated rings. The zero-order valence-corrected chi connectivity index (χ0v) is 10.7. The van der Waals surface area contributed by atoms with Crippen molar-refractivity contribution in [1.82, 2.24) is 0 Å². The van der Waals surface area contributed by atoms with Gasteiger partial charge in [-0.15, -0.1) is 6.58 Å². The third-order valence-electron chi connectivity index (χ3n) is 3.19. The van der Waals surface area contributed by atoms with Crippen LogP contribution in [0.15, 0.2) is 36.9 Å². The van der Waals surface area contributed by atoms with Gasteiger partial charge in [0.15, 0.2) is 0 Å². The van der Waals surface area contributed by atoms with E-state index >= 15 is 0 Å². The molecule has 1 rings (SSSR count). The number of aryl methyl sites for hydroxylation is 1. The Kier molecular flexibility index (Phi) is 5.92. The van der Waals surface area contributed by atoms with Crippen LogP contribution in [0.4, 0.5) is 0 Å². The van der Waals surface area contributed by atoms with Crippen molar-refractivity contribution >= 4 is 0 Å². The van der Waals surface area contributed by atoms with Crippen molar-refractivity contribution in [2.45, 2.75) is 51.9 Å². The van der Waals surface area contributed by atoms with Gasteiger partial charge in [-0.1, -0.05) is 50.6 Å². The smallest absolute Gasteiger partial charge is 0.0159 e. The summed E-state index contributed by atoms with van der Waals surface area (Å²) in [5.74, 6) is 0.717. The van der Waals surface area contributed by atoms with Gasteiger partial charge in [-0.2, -0.15) is 0 Å². The molecule has 0 nitrogen and oxygen atoms in total. The van der Waals surface area contributed by atoms with E-state index in [2.05, 4.69) is 44.7 Å². The van der Waals surface area contributed by atoms with Gasteiger partial charge in [-0.25, -0.2) is 0 Å². The first kappa shape index (κ1) is 13.0. The molecule has 0 radical (unpaired) electrons. The molecular weight excluding hydrogens is 192 g/mol. The molecule has 0 aromatic heterocycles. The van der Waals surface area contributed by atoms with E-state index in [1.165, 1.54) is 30.4 Å². The van der Waals surface area contributed by atoms with Crippen molar-refractivity contribution in [3.05, 3.63) is 48.0 Å². The first-order valence-electron chi connectivity index (χ1n) is 6.51. The summed E-state index contributed by atoms with van der Waals surface area (Å²) < 4.78 is 0. The van der Waals surface area contributed by atoms with Gasteiger partial charge in [-0.3, -0.25) is 0 Å². The van der Waals surface area contributed by atoms with Crippen LogP contribution in [0.5, 0.6) is 0 Å². The molecule has 0 heterocycles. The van der Waals surface area contributed by atoms with Crippen molar-refractivity contribution < 1.29 is 0 Å². The van der Waals surface area contributed by atoms with E-state index in [-0.39, 0.29) is 0 Å². The van der Waals surface area contributed by atoms with Crippen LogP contribution in [0, 0.1) is 0 Å². The van der Waals surface area contributed by atoms with E-state index < -0.39 is 0 Å². The number of allylic oxidation sites excluding steroid dienone is 1. The normalized spacial score (nSPS) is 12.4. The van der Waals surface area contributed by atoms with E-state index in [1.807, 2.05) is 6.08 Å². The quantitative estimate of drug-likeness (QED) is 0.556. The number of benzene rings is 1. The largest absolute Gasteiger partial charge is 0.103 e. The van der Waals surface area contributed by atoms with Gasteiger partial charge in [0.1, 0.15) is 0 Å². The number of hydrogen-bond donors (Lipinski definition) is 0. The highest BCUT2D eigenvalue weighted by Gasteiger charge is 2.09. The zero-order chi connectivity index (χ0) is 11.8. The molecule has 0 amide bonds. The second kappa shape index (κ2) is 7.27. The minimum absolute atomic E-state index is 0.717. The van der Waals surface area contributed by atoms with Crippen LogP contribution >= 0.6 is 0 Å². The van der Waals surface area contributed by atoms with Crippen LogP contribution in [-0.4, -0.2) is 0 Å². The molecule has 0 aliphatic heterocycles. The average Bonchev–Trinajstić information content (AvgIpc) is 2.34. The molecule has 0 saturated carbocycles. The summed E-state index contributed by atoms with van der Waals surface area (Å²) in [6.45, 7) is 8.31. The van der Waals surface area contributed by atoms with Crippen molar-refractivity contribution in [2.75, 3.05) is 0 Å². The van der Waals surface area contributed by atoms with Crippen LogP contribution in [-0.2, 0) is 6.42 Å². The Morgan fingerprint density at radius 3 is 2.69 bits per heavy atom. The Hall–Kier alpha value is -1.04. The topological polar surface area (TPSA) is 0 Å². The minimum Gasteiger partial charge on any atom is -0.103 e. The molecule has 1 atom stereocenters. The maximum atomic E-state index is 3.82. The monoisotopic (exact) mass is 216 g/mol. The molecule has 1 aromatic carbocycles. The molecular formula is C16H24. The van der Waals surface area contributed by atoms with Gasteiger partial charge in [-0.05, 0) is 42.7 Å². The zero-order valence-electron chi connectivity index (χ0n) is 10.7. The molecule has 0 heteroatoms. The molecule has 0 aliphatic carbocycles. The lowest BCUT2D eigenvalue weighted by Crippen LogP contribution is -1.99. The van der Waals surface area contributed by atoms with Gasteiger partial charge in [0, 0.05) is 0 Å². The van der Waals surface area contributed by atoms with Crippen molar-refractivity contribution in [2.24, 2.45) is 0 Å². The SMILES string of the molecule is C=CCCC(CCC)c1cccc(CC)c1. The molecule has 0 aliphatic rings. The second-order valence-electron chi connectivity index (χ2n) is 4.45. The summed E-state index contributed by atoms with van der Waals surface area (Å²) in [4.78, 5) is 0. The Morgan fingerprint density at radius 2 is 2.06 bits per heavy atom. The first-order valence-corrected chi connectivity index (χ1v) is 6.51. The van der Waals surface area contributed by atoms with Gasteiger partial charge in [0.2, 0.25) is 0 Å². The highest BCUT2D eigenvalue weighted by atomic mass is 14.1. The molecule has 1 unspecified atom stereocenters. The summed E-state index contributed by atoms with van der Waals surface area (Å²) in [6.07, 6.45) is 8.09. The first-order chi connectivity index (χ1) is 7.81. The lowest BCUT2D eigenvalue weighted by molar-refractivity contribution is 0.574. The number of rotatable bonds is 7. The van der Waals surface area contributed by atoms with Crippen molar-refractivity contribution in [1.29, 1.82) is 0 Å². The Labute approximate surface area is 100 Å². The molecule has 0 N–H and O–H groups in total. The molecule has 16 heavy (non-hydrogen) atoms. The molecule has 88 valence electrons. The summed E-state index contributed by atoms with van der Waals surface area (Å²) in [7, 11) is 0. The van der Waals surface area contributed by atoms with Crippen LogP contribution < -0.4 is 0 Å². The highest BCUT2D eigenvalue weighted by Crippen LogP contribution is 2.27. The van der Waals surface area contributed by atoms with Gasteiger partial charge < -0.3 is 0 Å². The Morgan fingerprint density at radius 1 is 1.25 bits per heavy atom. The lowest BCUT2D eigenvalue weighted by Gasteiger charge is -2.16. The number of hydrogen-bond acceptors (Lipinski definition) is 0. The van der Waals surface area contributed by atoms with Crippen LogP contribution in [0.25, 0.3) is 0 Å². The maximum Gasteiger partial charge on any atom is -0.0159 e. The highest BCUT2D eigenvalue weighted by molar-refractivity contribution is 5.26. The van der Waals surface area contributed by atoms with E-state index in [0.29, 0.717) is 0 Å². The standard InChI is InChI=1S/C16H24/c1-4-7-11-15(9-5-2)16-12-8-10-14(6-3)13-16/h4,8,10,12-13,15H,1,5-7,9,11H2,2-3H3. The Bertz CT molecular complexity index is 312. The van der Waals surface area contributed by atoms with Crippen molar-refractivity contribution in [3.63, 3.8) is 0 Å². The summed E-state index contributed by atoms with van der Waals surface area (Å²) in [5, 5.41) is 0. The third kappa shape index (κ3) is 3.84. The fourth-order valence-electron chi connectivity index (χ4n) is 2.21.